The first-order chi connectivity index (χ1) is 21.4. The average molecular weight is 600 g/mol. The number of pyridine rings is 1. The van der Waals surface area contributed by atoms with Crippen LogP contribution < -0.4 is 15.0 Å². The standard InChI is InChI=1S/C33H37N5O6/c1-42-20-24-17-36(16-21-2-3-22-4-8-30(34-27(22)14-21)37-10-12-43-13-11-37)19-29(24)44-25-5-6-26-23(15-25)18-38(33(26)41)28-7-9-31(39)35-32(28)40/h2-6,8,14-15,24,28-29H,7,9-13,16-20H2,1H3,(H,35,39,40)/t24-,28-,29+/m0/s1. The number of carbonyl (C=O) groups excluding carboxylic acids is 3. The Hall–Kier alpha value is -4.06. The Kier molecular flexibility index (Phi) is 7.92. The fraction of sp³-hybridized carbons (Fsp3) is 0.455. The molecule has 2 aromatic carbocycles. The summed E-state index contributed by atoms with van der Waals surface area (Å²) in [6.45, 7) is 6.42. The lowest BCUT2D eigenvalue weighted by Crippen LogP contribution is -2.52. The number of hydrogen-bond acceptors (Lipinski definition) is 9. The van der Waals surface area contributed by atoms with Crippen LogP contribution in [0.3, 0.4) is 0 Å². The Balaban J connectivity index is 1.03. The minimum absolute atomic E-state index is 0.0807. The van der Waals surface area contributed by atoms with E-state index in [0.29, 0.717) is 30.9 Å². The fourth-order valence-electron chi connectivity index (χ4n) is 6.84. The minimum Gasteiger partial charge on any atom is -0.489 e. The Morgan fingerprint density at radius 2 is 1.86 bits per heavy atom. The number of aromatic nitrogens is 1. The first-order valence-electron chi connectivity index (χ1n) is 15.3. The van der Waals surface area contributed by atoms with Crippen molar-refractivity contribution >= 4 is 34.4 Å². The molecule has 4 aliphatic heterocycles. The summed E-state index contributed by atoms with van der Waals surface area (Å²) in [7, 11) is 1.71. The molecule has 0 spiro atoms. The lowest BCUT2D eigenvalue weighted by Gasteiger charge is -2.29. The zero-order valence-corrected chi connectivity index (χ0v) is 24.9. The summed E-state index contributed by atoms with van der Waals surface area (Å²) >= 11 is 0. The van der Waals surface area contributed by atoms with Crippen LogP contribution in [0.2, 0.25) is 0 Å². The van der Waals surface area contributed by atoms with E-state index in [2.05, 4.69) is 45.4 Å². The third-order valence-electron chi connectivity index (χ3n) is 9.10. The summed E-state index contributed by atoms with van der Waals surface area (Å²) in [4.78, 5) is 48.3. The van der Waals surface area contributed by atoms with Crippen LogP contribution >= 0.6 is 0 Å². The molecule has 3 aromatic rings. The Morgan fingerprint density at radius 3 is 2.68 bits per heavy atom. The highest BCUT2D eigenvalue weighted by Gasteiger charge is 2.40. The molecule has 0 bridgehead atoms. The van der Waals surface area contributed by atoms with E-state index in [0.717, 1.165) is 68.2 Å². The number of nitrogens with one attached hydrogen (secondary N) is 1. The molecule has 11 heteroatoms. The highest BCUT2D eigenvalue weighted by atomic mass is 16.5. The summed E-state index contributed by atoms with van der Waals surface area (Å²) in [6.07, 6.45) is 0.491. The van der Waals surface area contributed by atoms with E-state index in [9.17, 15) is 14.4 Å². The monoisotopic (exact) mass is 599 g/mol. The second kappa shape index (κ2) is 12.1. The summed E-state index contributed by atoms with van der Waals surface area (Å²) in [5, 5.41) is 3.48. The van der Waals surface area contributed by atoms with Gasteiger partial charge in [-0.15, -0.1) is 0 Å². The van der Waals surface area contributed by atoms with Crippen molar-refractivity contribution in [3.63, 3.8) is 0 Å². The largest absolute Gasteiger partial charge is 0.489 e. The summed E-state index contributed by atoms with van der Waals surface area (Å²) in [5.41, 5.74) is 3.59. The number of nitrogens with zero attached hydrogens (tertiary/aromatic N) is 4. The molecule has 1 aromatic heterocycles. The molecule has 11 nitrogen and oxygen atoms in total. The second-order valence-electron chi connectivity index (χ2n) is 12.1. The first kappa shape index (κ1) is 28.7. The van der Waals surface area contributed by atoms with Gasteiger partial charge in [0.15, 0.2) is 0 Å². The van der Waals surface area contributed by atoms with Crippen LogP contribution in [0, 0.1) is 5.92 Å². The molecule has 7 rings (SSSR count). The Bertz CT molecular complexity index is 1590. The van der Waals surface area contributed by atoms with Crippen molar-refractivity contribution in [1.82, 2.24) is 20.1 Å². The van der Waals surface area contributed by atoms with E-state index >= 15 is 0 Å². The third-order valence-corrected chi connectivity index (χ3v) is 9.10. The van der Waals surface area contributed by atoms with E-state index in [1.165, 1.54) is 5.56 Å². The lowest BCUT2D eigenvalue weighted by atomic mass is 10.0. The van der Waals surface area contributed by atoms with Gasteiger partial charge in [0.05, 0.1) is 25.3 Å². The van der Waals surface area contributed by atoms with Gasteiger partial charge < -0.3 is 24.0 Å². The molecule has 0 radical (unpaired) electrons. The Morgan fingerprint density at radius 1 is 1.02 bits per heavy atom. The zero-order valence-electron chi connectivity index (χ0n) is 24.9. The number of amides is 3. The molecule has 3 atom stereocenters. The van der Waals surface area contributed by atoms with E-state index in [4.69, 9.17) is 19.2 Å². The summed E-state index contributed by atoms with van der Waals surface area (Å²) in [6, 6.07) is 15.6. The third kappa shape index (κ3) is 5.74. The van der Waals surface area contributed by atoms with Crippen molar-refractivity contribution in [3.05, 3.63) is 65.2 Å². The van der Waals surface area contributed by atoms with Crippen molar-refractivity contribution in [2.45, 2.75) is 38.1 Å². The molecule has 230 valence electrons. The molecule has 4 aliphatic rings. The van der Waals surface area contributed by atoms with Crippen LogP contribution in [0.15, 0.2) is 48.5 Å². The maximum atomic E-state index is 13.1. The molecule has 3 saturated heterocycles. The first-order valence-corrected chi connectivity index (χ1v) is 15.3. The zero-order chi connectivity index (χ0) is 30.2. The van der Waals surface area contributed by atoms with Gasteiger partial charge in [0.25, 0.3) is 5.91 Å². The van der Waals surface area contributed by atoms with Crippen LogP contribution in [0.1, 0.15) is 34.3 Å². The van der Waals surface area contributed by atoms with Gasteiger partial charge in [0, 0.05) is 69.7 Å². The molecule has 0 saturated carbocycles. The number of benzene rings is 2. The van der Waals surface area contributed by atoms with Gasteiger partial charge in [-0.3, -0.25) is 24.6 Å². The van der Waals surface area contributed by atoms with Gasteiger partial charge in [0.1, 0.15) is 23.7 Å². The maximum Gasteiger partial charge on any atom is 0.255 e. The highest BCUT2D eigenvalue weighted by Crippen LogP contribution is 2.32. The molecule has 1 N–H and O–H groups in total. The lowest BCUT2D eigenvalue weighted by molar-refractivity contribution is -0.136. The normalized spacial score (nSPS) is 24.2. The number of rotatable bonds is 8. The van der Waals surface area contributed by atoms with Crippen molar-refractivity contribution in [1.29, 1.82) is 0 Å². The van der Waals surface area contributed by atoms with Crippen molar-refractivity contribution in [2.24, 2.45) is 5.92 Å². The molecule has 0 aliphatic carbocycles. The summed E-state index contributed by atoms with van der Waals surface area (Å²) in [5.74, 6) is 0.974. The number of likely N-dealkylation sites (tertiary alicyclic amines) is 1. The van der Waals surface area contributed by atoms with E-state index < -0.39 is 11.9 Å². The maximum absolute atomic E-state index is 13.1. The molecular weight excluding hydrogens is 562 g/mol. The average Bonchev–Trinajstić information content (AvgIpc) is 3.56. The quantitative estimate of drug-likeness (QED) is 0.390. The topological polar surface area (TPSA) is 114 Å². The number of hydrogen-bond donors (Lipinski definition) is 1. The Labute approximate surface area is 256 Å². The van der Waals surface area contributed by atoms with Gasteiger partial charge in [-0.05, 0) is 53.9 Å². The van der Waals surface area contributed by atoms with Gasteiger partial charge in [0.2, 0.25) is 11.8 Å². The van der Waals surface area contributed by atoms with Gasteiger partial charge in [-0.25, -0.2) is 4.98 Å². The highest BCUT2D eigenvalue weighted by molar-refractivity contribution is 6.05. The molecule has 44 heavy (non-hydrogen) atoms. The number of piperidine rings is 1. The minimum atomic E-state index is -0.636. The number of methoxy groups -OCH3 is 1. The number of fused-ring (bicyclic) bond motifs is 2. The second-order valence-corrected chi connectivity index (χ2v) is 12.1. The smallest absolute Gasteiger partial charge is 0.255 e. The van der Waals surface area contributed by atoms with Gasteiger partial charge in [-0.2, -0.15) is 0 Å². The van der Waals surface area contributed by atoms with E-state index in [-0.39, 0.29) is 30.3 Å². The van der Waals surface area contributed by atoms with Crippen LogP contribution in [0.4, 0.5) is 5.82 Å². The van der Waals surface area contributed by atoms with Crippen LogP contribution in [0.5, 0.6) is 5.75 Å². The van der Waals surface area contributed by atoms with Crippen LogP contribution in [0.25, 0.3) is 10.9 Å². The van der Waals surface area contributed by atoms with Gasteiger partial charge in [-0.1, -0.05) is 12.1 Å². The molecular formula is C33H37N5O6. The molecule has 3 fully saturated rings. The predicted octanol–water partition coefficient (Wildman–Crippen LogP) is 2.36. The van der Waals surface area contributed by atoms with Crippen LogP contribution in [-0.4, -0.2) is 97.8 Å². The molecule has 3 amide bonds. The SMILES string of the molecule is COC[C@@H]1CN(Cc2ccc3ccc(N4CCOCC4)nc3c2)C[C@H]1Oc1ccc2c(c1)CN([C@H]1CCC(=O)NC1=O)C2=O. The number of imide groups is 1. The van der Waals surface area contributed by atoms with Crippen molar-refractivity contribution in [2.75, 3.05) is 58.0 Å². The van der Waals surface area contributed by atoms with Crippen molar-refractivity contribution in [3.8, 4) is 5.75 Å². The predicted molar refractivity (Wildman–Crippen MR) is 162 cm³/mol. The van der Waals surface area contributed by atoms with E-state index in [1.807, 2.05) is 12.1 Å². The number of anilines is 1. The number of ether oxygens (including phenoxy) is 3. The number of morpholine rings is 1. The van der Waals surface area contributed by atoms with Gasteiger partial charge >= 0.3 is 0 Å². The number of carbonyl (C=O) groups is 3. The molecule has 5 heterocycles. The van der Waals surface area contributed by atoms with Crippen molar-refractivity contribution < 1.29 is 28.6 Å². The molecule has 0 unspecified atom stereocenters. The summed E-state index contributed by atoms with van der Waals surface area (Å²) < 4.78 is 17.6. The van der Waals surface area contributed by atoms with Crippen LogP contribution in [-0.2, 0) is 32.2 Å². The fourth-order valence-corrected chi connectivity index (χ4v) is 6.84. The van der Waals surface area contributed by atoms with E-state index in [1.54, 1.807) is 18.1 Å².